The second-order valence-electron chi connectivity index (χ2n) is 5.35. The fourth-order valence-electron chi connectivity index (χ4n) is 2.67. The zero-order chi connectivity index (χ0) is 9.97. The molecule has 0 bridgehead atoms. The van der Waals surface area contributed by atoms with Gasteiger partial charge in [-0.1, -0.05) is 12.8 Å². The Bertz CT molecular complexity index is 163. The molecule has 0 saturated heterocycles. The van der Waals surface area contributed by atoms with Crippen molar-refractivity contribution in [3.63, 3.8) is 0 Å². The second kappa shape index (κ2) is 4.63. The van der Waals surface area contributed by atoms with Gasteiger partial charge in [0, 0.05) is 18.6 Å². The first kappa shape index (κ1) is 10.4. The van der Waals surface area contributed by atoms with Gasteiger partial charge in [-0.05, 0) is 45.7 Å². The van der Waals surface area contributed by atoms with Crippen molar-refractivity contribution in [3.8, 4) is 0 Å². The summed E-state index contributed by atoms with van der Waals surface area (Å²) >= 11 is 0. The van der Waals surface area contributed by atoms with Crippen molar-refractivity contribution in [3.05, 3.63) is 0 Å². The van der Waals surface area contributed by atoms with E-state index in [1.54, 1.807) is 0 Å². The van der Waals surface area contributed by atoms with Gasteiger partial charge in [0.05, 0.1) is 0 Å². The normalized spacial score (nSPS) is 33.6. The molecule has 2 rings (SSSR count). The Morgan fingerprint density at radius 3 is 2.43 bits per heavy atom. The summed E-state index contributed by atoms with van der Waals surface area (Å²) in [6, 6.07) is 1.70. The van der Waals surface area contributed by atoms with E-state index in [9.17, 15) is 0 Å². The van der Waals surface area contributed by atoms with Crippen molar-refractivity contribution in [2.24, 2.45) is 5.92 Å². The summed E-state index contributed by atoms with van der Waals surface area (Å²) in [7, 11) is 4.39. The summed E-state index contributed by atoms with van der Waals surface area (Å²) in [5.41, 5.74) is 0. The van der Waals surface area contributed by atoms with Crippen LogP contribution in [0.25, 0.3) is 0 Å². The maximum absolute atomic E-state index is 3.82. The van der Waals surface area contributed by atoms with Crippen molar-refractivity contribution in [1.29, 1.82) is 0 Å². The zero-order valence-corrected chi connectivity index (χ0v) is 9.63. The molecule has 0 heterocycles. The Morgan fingerprint density at radius 2 is 1.79 bits per heavy atom. The third-order valence-corrected chi connectivity index (χ3v) is 3.54. The standard InChI is InChI=1S/C12H24N2/c1-14(2)9-10-5-3-4-6-12(10)13-11-7-8-11/h10-13H,3-9H2,1-2H3. The van der Waals surface area contributed by atoms with E-state index in [1.165, 1.54) is 45.1 Å². The summed E-state index contributed by atoms with van der Waals surface area (Å²) in [4.78, 5) is 2.34. The monoisotopic (exact) mass is 196 g/mol. The summed E-state index contributed by atoms with van der Waals surface area (Å²) in [6.07, 6.45) is 8.57. The number of rotatable bonds is 4. The number of hydrogen-bond acceptors (Lipinski definition) is 2. The van der Waals surface area contributed by atoms with Gasteiger partial charge in [-0.25, -0.2) is 0 Å². The average molecular weight is 196 g/mol. The van der Waals surface area contributed by atoms with Crippen molar-refractivity contribution >= 4 is 0 Å². The van der Waals surface area contributed by atoms with Crippen LogP contribution in [0.3, 0.4) is 0 Å². The first-order valence-electron chi connectivity index (χ1n) is 6.16. The SMILES string of the molecule is CN(C)CC1CCCCC1NC1CC1. The maximum Gasteiger partial charge on any atom is 0.0110 e. The molecule has 2 heteroatoms. The molecular weight excluding hydrogens is 172 g/mol. The van der Waals surface area contributed by atoms with E-state index in [0.717, 1.165) is 18.0 Å². The first-order chi connectivity index (χ1) is 6.75. The molecule has 0 aromatic rings. The Kier molecular flexibility index (Phi) is 3.45. The van der Waals surface area contributed by atoms with Crippen LogP contribution in [0.5, 0.6) is 0 Å². The minimum Gasteiger partial charge on any atom is -0.311 e. The van der Waals surface area contributed by atoms with Gasteiger partial charge >= 0.3 is 0 Å². The van der Waals surface area contributed by atoms with Crippen LogP contribution in [-0.4, -0.2) is 37.6 Å². The summed E-state index contributed by atoms with van der Waals surface area (Å²) in [6.45, 7) is 1.27. The van der Waals surface area contributed by atoms with Gasteiger partial charge in [0.15, 0.2) is 0 Å². The minimum atomic E-state index is 0.818. The topological polar surface area (TPSA) is 15.3 Å². The zero-order valence-electron chi connectivity index (χ0n) is 9.63. The Morgan fingerprint density at radius 1 is 1.07 bits per heavy atom. The average Bonchev–Trinajstić information content (AvgIpc) is 2.91. The third-order valence-electron chi connectivity index (χ3n) is 3.54. The summed E-state index contributed by atoms with van der Waals surface area (Å²) in [5, 5.41) is 3.82. The number of hydrogen-bond donors (Lipinski definition) is 1. The minimum absolute atomic E-state index is 0.818. The van der Waals surface area contributed by atoms with Crippen LogP contribution in [0.1, 0.15) is 38.5 Å². The summed E-state index contributed by atoms with van der Waals surface area (Å²) < 4.78 is 0. The molecule has 0 aliphatic heterocycles. The molecule has 0 aromatic heterocycles. The highest BCUT2D eigenvalue weighted by Crippen LogP contribution is 2.28. The predicted molar refractivity (Wildman–Crippen MR) is 60.5 cm³/mol. The number of nitrogens with zero attached hydrogens (tertiary/aromatic N) is 1. The van der Waals surface area contributed by atoms with Crippen LogP contribution >= 0.6 is 0 Å². The lowest BCUT2D eigenvalue weighted by Gasteiger charge is -2.34. The van der Waals surface area contributed by atoms with Crippen LogP contribution in [0, 0.1) is 5.92 Å². The summed E-state index contributed by atoms with van der Waals surface area (Å²) in [5.74, 6) is 0.902. The van der Waals surface area contributed by atoms with E-state index in [2.05, 4.69) is 24.3 Å². The van der Waals surface area contributed by atoms with Crippen molar-refractivity contribution < 1.29 is 0 Å². The molecule has 2 nitrogen and oxygen atoms in total. The molecule has 2 unspecified atom stereocenters. The second-order valence-corrected chi connectivity index (χ2v) is 5.35. The molecule has 0 radical (unpaired) electrons. The molecule has 0 aromatic carbocycles. The van der Waals surface area contributed by atoms with Crippen molar-refractivity contribution in [2.75, 3.05) is 20.6 Å². The van der Waals surface area contributed by atoms with Crippen LogP contribution in [0.15, 0.2) is 0 Å². The molecule has 2 aliphatic carbocycles. The largest absolute Gasteiger partial charge is 0.311 e. The third kappa shape index (κ3) is 2.96. The van der Waals surface area contributed by atoms with Gasteiger partial charge in [0.25, 0.3) is 0 Å². The van der Waals surface area contributed by atoms with Crippen molar-refractivity contribution in [2.45, 2.75) is 50.6 Å². The van der Waals surface area contributed by atoms with Crippen LogP contribution in [0.2, 0.25) is 0 Å². The quantitative estimate of drug-likeness (QED) is 0.738. The van der Waals surface area contributed by atoms with E-state index in [1.807, 2.05) is 0 Å². The predicted octanol–water partition coefficient (Wildman–Crippen LogP) is 1.86. The van der Waals surface area contributed by atoms with Gasteiger partial charge in [-0.3, -0.25) is 0 Å². The molecule has 2 aliphatic rings. The molecule has 0 amide bonds. The molecule has 2 saturated carbocycles. The maximum atomic E-state index is 3.82. The fourth-order valence-corrected chi connectivity index (χ4v) is 2.67. The molecule has 2 atom stereocenters. The van der Waals surface area contributed by atoms with Crippen LogP contribution < -0.4 is 5.32 Å². The Labute approximate surface area is 88.1 Å². The molecule has 2 fully saturated rings. The van der Waals surface area contributed by atoms with E-state index in [0.29, 0.717) is 0 Å². The first-order valence-corrected chi connectivity index (χ1v) is 6.16. The molecule has 1 N–H and O–H groups in total. The van der Waals surface area contributed by atoms with Gasteiger partial charge in [-0.15, -0.1) is 0 Å². The van der Waals surface area contributed by atoms with E-state index in [-0.39, 0.29) is 0 Å². The van der Waals surface area contributed by atoms with E-state index in [4.69, 9.17) is 0 Å². The van der Waals surface area contributed by atoms with Gasteiger partial charge < -0.3 is 10.2 Å². The van der Waals surface area contributed by atoms with Crippen LogP contribution in [0.4, 0.5) is 0 Å². The molecular formula is C12H24N2. The molecule has 0 spiro atoms. The Hall–Kier alpha value is -0.0800. The Balaban J connectivity index is 1.82. The highest BCUT2D eigenvalue weighted by Gasteiger charge is 2.30. The van der Waals surface area contributed by atoms with E-state index >= 15 is 0 Å². The molecule has 82 valence electrons. The lowest BCUT2D eigenvalue weighted by atomic mass is 9.84. The van der Waals surface area contributed by atoms with Gasteiger partial charge in [-0.2, -0.15) is 0 Å². The highest BCUT2D eigenvalue weighted by molar-refractivity contribution is 4.90. The number of nitrogens with one attached hydrogen (secondary N) is 1. The molecule has 14 heavy (non-hydrogen) atoms. The van der Waals surface area contributed by atoms with E-state index < -0.39 is 0 Å². The van der Waals surface area contributed by atoms with Crippen molar-refractivity contribution in [1.82, 2.24) is 10.2 Å². The highest BCUT2D eigenvalue weighted by atomic mass is 15.1. The lowest BCUT2D eigenvalue weighted by molar-refractivity contribution is 0.206. The smallest absolute Gasteiger partial charge is 0.0110 e. The van der Waals surface area contributed by atoms with Crippen LogP contribution in [-0.2, 0) is 0 Å². The lowest BCUT2D eigenvalue weighted by Crippen LogP contribution is -2.43. The fraction of sp³-hybridized carbons (Fsp3) is 1.00. The van der Waals surface area contributed by atoms with Gasteiger partial charge in [0.2, 0.25) is 0 Å². The van der Waals surface area contributed by atoms with Gasteiger partial charge in [0.1, 0.15) is 0 Å².